The van der Waals surface area contributed by atoms with Crippen LogP contribution in [0.25, 0.3) is 0 Å². The highest BCUT2D eigenvalue weighted by Crippen LogP contribution is 2.30. The first-order chi connectivity index (χ1) is 10.7. The molecule has 0 saturated heterocycles. The van der Waals surface area contributed by atoms with Gasteiger partial charge in [-0.1, -0.05) is 12.5 Å². The number of rotatable bonds is 4. The monoisotopic (exact) mass is 304 g/mol. The summed E-state index contributed by atoms with van der Waals surface area (Å²) in [4.78, 5) is 12.2. The molecule has 1 aromatic carbocycles. The fourth-order valence-electron chi connectivity index (χ4n) is 3.18. The zero-order chi connectivity index (χ0) is 15.4. The SMILES string of the molecule is NC1CCCC(C(=O)NCCc2ccc3c(c2)OCCO3)C1. The lowest BCUT2D eigenvalue weighted by atomic mass is 9.85. The molecule has 22 heavy (non-hydrogen) atoms. The van der Waals surface area contributed by atoms with Gasteiger partial charge in [-0.3, -0.25) is 4.79 Å². The van der Waals surface area contributed by atoms with Crippen LogP contribution in [-0.2, 0) is 11.2 Å². The van der Waals surface area contributed by atoms with Crippen LogP contribution >= 0.6 is 0 Å². The summed E-state index contributed by atoms with van der Waals surface area (Å²) in [5.74, 6) is 1.83. The molecule has 0 bridgehead atoms. The van der Waals surface area contributed by atoms with Crippen LogP contribution in [0.4, 0.5) is 0 Å². The molecule has 2 unspecified atom stereocenters. The molecule has 1 heterocycles. The zero-order valence-electron chi connectivity index (χ0n) is 12.8. The van der Waals surface area contributed by atoms with Crippen LogP contribution < -0.4 is 20.5 Å². The van der Waals surface area contributed by atoms with Gasteiger partial charge in [0.15, 0.2) is 11.5 Å². The van der Waals surface area contributed by atoms with Crippen LogP contribution in [0.1, 0.15) is 31.2 Å². The zero-order valence-corrected chi connectivity index (χ0v) is 12.8. The molecule has 2 aliphatic rings. The third-order valence-corrected chi connectivity index (χ3v) is 4.41. The highest BCUT2D eigenvalue weighted by Gasteiger charge is 2.24. The first kappa shape index (κ1) is 15.2. The molecule has 5 heteroatoms. The molecule has 1 aromatic rings. The highest BCUT2D eigenvalue weighted by atomic mass is 16.6. The standard InChI is InChI=1S/C17H24N2O3/c18-14-3-1-2-13(11-14)17(20)19-7-6-12-4-5-15-16(10-12)22-9-8-21-15/h4-5,10,13-14H,1-3,6-9,11,18H2,(H,19,20). The second-order valence-electron chi connectivity index (χ2n) is 6.14. The maximum atomic E-state index is 12.2. The van der Waals surface area contributed by atoms with E-state index in [1.807, 2.05) is 18.2 Å². The smallest absolute Gasteiger partial charge is 0.223 e. The number of nitrogens with one attached hydrogen (secondary N) is 1. The van der Waals surface area contributed by atoms with Gasteiger partial charge in [-0.05, 0) is 43.4 Å². The van der Waals surface area contributed by atoms with Crippen molar-refractivity contribution in [2.75, 3.05) is 19.8 Å². The minimum Gasteiger partial charge on any atom is -0.486 e. The molecular weight excluding hydrogens is 280 g/mol. The van der Waals surface area contributed by atoms with E-state index >= 15 is 0 Å². The van der Waals surface area contributed by atoms with E-state index < -0.39 is 0 Å². The average Bonchev–Trinajstić information content (AvgIpc) is 2.54. The Balaban J connectivity index is 1.47. The second-order valence-corrected chi connectivity index (χ2v) is 6.14. The van der Waals surface area contributed by atoms with Gasteiger partial charge in [-0.25, -0.2) is 0 Å². The Labute approximate surface area is 131 Å². The van der Waals surface area contributed by atoms with Crippen molar-refractivity contribution in [3.8, 4) is 11.5 Å². The minimum atomic E-state index is 0.0871. The summed E-state index contributed by atoms with van der Waals surface area (Å²) in [5, 5.41) is 3.03. The molecule has 1 aliphatic carbocycles. The van der Waals surface area contributed by atoms with Gasteiger partial charge in [0, 0.05) is 18.5 Å². The quantitative estimate of drug-likeness (QED) is 0.887. The topological polar surface area (TPSA) is 73.6 Å². The number of nitrogens with two attached hydrogens (primary N) is 1. The Morgan fingerprint density at radius 1 is 1.23 bits per heavy atom. The predicted octanol–water partition coefficient (Wildman–Crippen LogP) is 1.63. The third kappa shape index (κ3) is 3.71. The number of hydrogen-bond acceptors (Lipinski definition) is 4. The Kier molecular flexibility index (Phi) is 4.83. The van der Waals surface area contributed by atoms with Crippen molar-refractivity contribution in [2.45, 2.75) is 38.1 Å². The number of carbonyl (C=O) groups is 1. The van der Waals surface area contributed by atoms with Crippen molar-refractivity contribution in [3.05, 3.63) is 23.8 Å². The lowest BCUT2D eigenvalue weighted by Crippen LogP contribution is -2.38. The normalized spacial score (nSPS) is 23.9. The number of carbonyl (C=O) groups excluding carboxylic acids is 1. The Bertz CT molecular complexity index is 533. The predicted molar refractivity (Wildman–Crippen MR) is 84.1 cm³/mol. The van der Waals surface area contributed by atoms with Crippen LogP contribution in [0.15, 0.2) is 18.2 Å². The second kappa shape index (κ2) is 7.01. The van der Waals surface area contributed by atoms with E-state index in [9.17, 15) is 4.79 Å². The highest BCUT2D eigenvalue weighted by molar-refractivity contribution is 5.78. The Morgan fingerprint density at radius 3 is 2.86 bits per heavy atom. The first-order valence-corrected chi connectivity index (χ1v) is 8.14. The third-order valence-electron chi connectivity index (χ3n) is 4.41. The van der Waals surface area contributed by atoms with Crippen molar-refractivity contribution >= 4 is 5.91 Å². The van der Waals surface area contributed by atoms with Crippen molar-refractivity contribution in [2.24, 2.45) is 11.7 Å². The van der Waals surface area contributed by atoms with Gasteiger partial charge < -0.3 is 20.5 Å². The molecule has 0 radical (unpaired) electrons. The van der Waals surface area contributed by atoms with Gasteiger partial charge in [0.2, 0.25) is 5.91 Å². The van der Waals surface area contributed by atoms with E-state index in [0.717, 1.165) is 49.2 Å². The molecule has 120 valence electrons. The fourth-order valence-corrected chi connectivity index (χ4v) is 3.18. The summed E-state index contributed by atoms with van der Waals surface area (Å²) >= 11 is 0. The maximum absolute atomic E-state index is 12.2. The van der Waals surface area contributed by atoms with Crippen molar-refractivity contribution in [1.29, 1.82) is 0 Å². The Hall–Kier alpha value is -1.75. The molecule has 0 aromatic heterocycles. The number of benzene rings is 1. The number of fused-ring (bicyclic) bond motifs is 1. The van der Waals surface area contributed by atoms with Crippen LogP contribution in [0.5, 0.6) is 11.5 Å². The van der Waals surface area contributed by atoms with E-state index in [1.54, 1.807) is 0 Å². The average molecular weight is 304 g/mol. The molecule has 1 saturated carbocycles. The summed E-state index contributed by atoms with van der Waals surface area (Å²) in [6.45, 7) is 1.84. The van der Waals surface area contributed by atoms with Gasteiger partial charge in [0.05, 0.1) is 0 Å². The summed E-state index contributed by atoms with van der Waals surface area (Å²) in [7, 11) is 0. The van der Waals surface area contributed by atoms with E-state index in [-0.39, 0.29) is 17.9 Å². The van der Waals surface area contributed by atoms with E-state index in [4.69, 9.17) is 15.2 Å². The van der Waals surface area contributed by atoms with Crippen LogP contribution in [0.3, 0.4) is 0 Å². The molecule has 2 atom stereocenters. The molecule has 1 fully saturated rings. The minimum absolute atomic E-state index is 0.0871. The fraction of sp³-hybridized carbons (Fsp3) is 0.588. The molecule has 5 nitrogen and oxygen atoms in total. The van der Waals surface area contributed by atoms with Gasteiger partial charge in [0.25, 0.3) is 0 Å². The molecule has 3 rings (SSSR count). The summed E-state index contributed by atoms with van der Waals surface area (Å²) in [6, 6.07) is 6.14. The van der Waals surface area contributed by atoms with Gasteiger partial charge in [-0.2, -0.15) is 0 Å². The molecule has 0 spiro atoms. The lowest BCUT2D eigenvalue weighted by Gasteiger charge is -2.25. The van der Waals surface area contributed by atoms with Crippen LogP contribution in [0, 0.1) is 5.92 Å². The molecule has 3 N–H and O–H groups in total. The molecule has 1 amide bonds. The van der Waals surface area contributed by atoms with Gasteiger partial charge in [0.1, 0.15) is 13.2 Å². The van der Waals surface area contributed by atoms with Gasteiger partial charge >= 0.3 is 0 Å². The molecule has 1 aliphatic heterocycles. The van der Waals surface area contributed by atoms with Crippen molar-refractivity contribution < 1.29 is 14.3 Å². The van der Waals surface area contributed by atoms with E-state index in [0.29, 0.717) is 19.8 Å². The first-order valence-electron chi connectivity index (χ1n) is 8.14. The summed E-state index contributed by atoms with van der Waals surface area (Å²) in [6.07, 6.45) is 4.67. The number of amides is 1. The van der Waals surface area contributed by atoms with Crippen LogP contribution in [0.2, 0.25) is 0 Å². The number of hydrogen-bond donors (Lipinski definition) is 2. The summed E-state index contributed by atoms with van der Waals surface area (Å²) in [5.41, 5.74) is 7.09. The maximum Gasteiger partial charge on any atom is 0.223 e. The Morgan fingerprint density at radius 2 is 2.05 bits per heavy atom. The number of ether oxygens (including phenoxy) is 2. The van der Waals surface area contributed by atoms with E-state index in [1.165, 1.54) is 0 Å². The lowest BCUT2D eigenvalue weighted by molar-refractivity contribution is -0.126. The van der Waals surface area contributed by atoms with Crippen LogP contribution in [-0.4, -0.2) is 31.7 Å². The van der Waals surface area contributed by atoms with Gasteiger partial charge in [-0.15, -0.1) is 0 Å². The summed E-state index contributed by atoms with van der Waals surface area (Å²) < 4.78 is 11.1. The van der Waals surface area contributed by atoms with E-state index in [2.05, 4.69) is 5.32 Å². The largest absolute Gasteiger partial charge is 0.486 e. The molecular formula is C17H24N2O3. The van der Waals surface area contributed by atoms with Crippen molar-refractivity contribution in [1.82, 2.24) is 5.32 Å². The van der Waals surface area contributed by atoms with Crippen molar-refractivity contribution in [3.63, 3.8) is 0 Å².